The molecular formula is C26H30O10. The molecule has 1 fully saturated rings. The zero-order chi connectivity index (χ0) is 26.5. The standard InChI is InChI=1S/C26H30O10/c1-26(34-8)35-17(9-15-11-19(28-2)24(32-6)20(12-15)29-3)23(27)18(36-26)10-16-13-21(30-4)25(33-7)22(14-16)31-5/h9-14H,1-8H3/b17-9-,18-10-. The predicted molar refractivity (Wildman–Crippen MR) is 131 cm³/mol. The van der Waals surface area contributed by atoms with Crippen molar-refractivity contribution in [2.24, 2.45) is 0 Å². The second kappa shape index (κ2) is 11.1. The van der Waals surface area contributed by atoms with E-state index in [9.17, 15) is 4.79 Å². The van der Waals surface area contributed by atoms with Gasteiger partial charge < -0.3 is 42.6 Å². The van der Waals surface area contributed by atoms with Crippen molar-refractivity contribution in [1.82, 2.24) is 0 Å². The summed E-state index contributed by atoms with van der Waals surface area (Å²) in [6.07, 6.45) is 3.07. The van der Waals surface area contributed by atoms with Gasteiger partial charge >= 0.3 is 5.97 Å². The highest BCUT2D eigenvalue weighted by molar-refractivity contribution is 6.11. The Balaban J connectivity index is 2.11. The van der Waals surface area contributed by atoms with Gasteiger partial charge in [0.1, 0.15) is 0 Å². The molecule has 0 aromatic heterocycles. The molecule has 36 heavy (non-hydrogen) atoms. The van der Waals surface area contributed by atoms with Crippen LogP contribution in [-0.2, 0) is 19.0 Å². The second-order valence-electron chi connectivity index (χ2n) is 7.53. The second-order valence-corrected chi connectivity index (χ2v) is 7.53. The summed E-state index contributed by atoms with van der Waals surface area (Å²) in [5.74, 6) is 0.433. The number of benzene rings is 2. The van der Waals surface area contributed by atoms with E-state index in [-0.39, 0.29) is 11.5 Å². The smallest absolute Gasteiger partial charge is 0.368 e. The maximum Gasteiger partial charge on any atom is 0.368 e. The van der Waals surface area contributed by atoms with E-state index in [2.05, 4.69) is 0 Å². The van der Waals surface area contributed by atoms with Crippen LogP contribution in [0.25, 0.3) is 12.2 Å². The maximum atomic E-state index is 13.4. The van der Waals surface area contributed by atoms with Crippen LogP contribution in [0, 0.1) is 0 Å². The van der Waals surface area contributed by atoms with Gasteiger partial charge in [-0.2, -0.15) is 0 Å². The molecule has 0 bridgehead atoms. The maximum absolute atomic E-state index is 13.4. The molecule has 0 amide bonds. The molecule has 1 saturated heterocycles. The Labute approximate surface area is 209 Å². The first kappa shape index (κ1) is 26.6. The fourth-order valence-electron chi connectivity index (χ4n) is 3.58. The van der Waals surface area contributed by atoms with Crippen molar-refractivity contribution in [2.45, 2.75) is 12.9 Å². The summed E-state index contributed by atoms with van der Waals surface area (Å²) in [6.45, 7) is 1.55. The summed E-state index contributed by atoms with van der Waals surface area (Å²) in [4.78, 5) is 13.4. The van der Waals surface area contributed by atoms with Gasteiger partial charge in [0, 0.05) is 14.0 Å². The first-order valence-electron chi connectivity index (χ1n) is 10.8. The van der Waals surface area contributed by atoms with Crippen LogP contribution < -0.4 is 28.4 Å². The highest BCUT2D eigenvalue weighted by Gasteiger charge is 2.40. The third-order valence-electron chi connectivity index (χ3n) is 5.38. The topological polar surface area (TPSA) is 100 Å². The Morgan fingerprint density at radius 2 is 0.944 bits per heavy atom. The zero-order valence-corrected chi connectivity index (χ0v) is 21.5. The van der Waals surface area contributed by atoms with Crippen molar-refractivity contribution in [2.75, 3.05) is 49.8 Å². The number of hydrogen-bond acceptors (Lipinski definition) is 10. The Morgan fingerprint density at radius 3 is 1.19 bits per heavy atom. The number of hydrogen-bond donors (Lipinski definition) is 0. The van der Waals surface area contributed by atoms with Crippen LogP contribution in [0.4, 0.5) is 0 Å². The summed E-state index contributed by atoms with van der Waals surface area (Å²) in [5, 5.41) is 0. The Bertz CT molecular complexity index is 1050. The van der Waals surface area contributed by atoms with Crippen LogP contribution in [0.3, 0.4) is 0 Å². The van der Waals surface area contributed by atoms with Gasteiger partial charge in [-0.25, -0.2) is 0 Å². The molecule has 10 nitrogen and oxygen atoms in total. The van der Waals surface area contributed by atoms with Gasteiger partial charge in [-0.3, -0.25) is 4.79 Å². The molecule has 0 saturated carbocycles. The minimum atomic E-state index is -1.56. The lowest BCUT2D eigenvalue weighted by molar-refractivity contribution is -0.334. The van der Waals surface area contributed by atoms with Gasteiger partial charge in [0.05, 0.1) is 42.7 Å². The third-order valence-corrected chi connectivity index (χ3v) is 5.38. The fourth-order valence-corrected chi connectivity index (χ4v) is 3.58. The largest absolute Gasteiger partial charge is 0.493 e. The van der Waals surface area contributed by atoms with Crippen molar-refractivity contribution in [3.8, 4) is 34.5 Å². The monoisotopic (exact) mass is 502 g/mol. The molecule has 0 unspecified atom stereocenters. The Hall–Kier alpha value is -4.05. The van der Waals surface area contributed by atoms with E-state index < -0.39 is 11.8 Å². The average molecular weight is 503 g/mol. The number of ketones is 1. The number of methoxy groups -OCH3 is 7. The van der Waals surface area contributed by atoms with Gasteiger partial charge in [-0.05, 0) is 47.5 Å². The first-order chi connectivity index (χ1) is 17.3. The fraction of sp³-hybridized carbons (Fsp3) is 0.346. The first-order valence-corrected chi connectivity index (χ1v) is 10.8. The van der Waals surface area contributed by atoms with Gasteiger partial charge in [0.25, 0.3) is 5.78 Å². The van der Waals surface area contributed by atoms with Crippen LogP contribution in [0.1, 0.15) is 18.1 Å². The van der Waals surface area contributed by atoms with Gasteiger partial charge in [-0.15, -0.1) is 0 Å². The van der Waals surface area contributed by atoms with Gasteiger partial charge in [0.2, 0.25) is 11.5 Å². The molecule has 0 atom stereocenters. The van der Waals surface area contributed by atoms with E-state index in [1.165, 1.54) is 61.9 Å². The Kier molecular flexibility index (Phi) is 8.21. The summed E-state index contributed by atoms with van der Waals surface area (Å²) < 4.78 is 49.3. The predicted octanol–water partition coefficient (Wildman–Crippen LogP) is 4.06. The molecule has 3 rings (SSSR count). The van der Waals surface area contributed by atoms with E-state index in [1.54, 1.807) is 31.2 Å². The van der Waals surface area contributed by atoms with Gasteiger partial charge in [-0.1, -0.05) is 0 Å². The number of rotatable bonds is 9. The molecule has 0 N–H and O–H groups in total. The minimum absolute atomic E-state index is 0.0152. The molecule has 2 aromatic carbocycles. The average Bonchev–Trinajstić information content (AvgIpc) is 2.89. The number of ether oxygens (including phenoxy) is 9. The van der Waals surface area contributed by atoms with Gasteiger partial charge in [0.15, 0.2) is 34.5 Å². The molecule has 1 heterocycles. The van der Waals surface area contributed by atoms with E-state index in [4.69, 9.17) is 42.6 Å². The normalized spacial score (nSPS) is 19.4. The van der Waals surface area contributed by atoms with Crippen LogP contribution in [0.5, 0.6) is 34.5 Å². The molecule has 1 aliphatic rings. The third kappa shape index (κ3) is 5.28. The minimum Gasteiger partial charge on any atom is -0.493 e. The summed E-state index contributed by atoms with van der Waals surface area (Å²) in [6, 6.07) is 6.75. The summed E-state index contributed by atoms with van der Waals surface area (Å²) in [7, 11) is 10.4. The zero-order valence-electron chi connectivity index (χ0n) is 21.5. The molecule has 2 aromatic rings. The lowest BCUT2D eigenvalue weighted by atomic mass is 10.1. The van der Waals surface area contributed by atoms with E-state index in [0.717, 1.165) is 0 Å². The molecule has 1 aliphatic heterocycles. The summed E-state index contributed by atoms with van der Waals surface area (Å²) >= 11 is 0. The van der Waals surface area contributed by atoms with E-state index >= 15 is 0 Å². The van der Waals surface area contributed by atoms with E-state index in [0.29, 0.717) is 45.6 Å². The van der Waals surface area contributed by atoms with Crippen molar-refractivity contribution in [1.29, 1.82) is 0 Å². The highest BCUT2D eigenvalue weighted by atomic mass is 16.9. The van der Waals surface area contributed by atoms with Crippen molar-refractivity contribution in [3.63, 3.8) is 0 Å². The van der Waals surface area contributed by atoms with E-state index in [1.807, 2.05) is 0 Å². The van der Waals surface area contributed by atoms with Crippen molar-refractivity contribution < 1.29 is 47.4 Å². The quantitative estimate of drug-likeness (QED) is 0.467. The lowest BCUT2D eigenvalue weighted by Gasteiger charge is -2.34. The SMILES string of the molecule is COc1cc(/C=C2\OC(C)(OC)O/C(=C\c3cc(OC)c(OC)c(OC)c3)C2=O)cc(OC)c1OC. The lowest BCUT2D eigenvalue weighted by Crippen LogP contribution is -2.41. The molecule has 0 spiro atoms. The van der Waals surface area contributed by atoms with Crippen molar-refractivity contribution >= 4 is 17.9 Å². The molecule has 0 radical (unpaired) electrons. The van der Waals surface area contributed by atoms with Crippen LogP contribution in [0.2, 0.25) is 0 Å². The van der Waals surface area contributed by atoms with Crippen molar-refractivity contribution in [3.05, 3.63) is 46.9 Å². The Morgan fingerprint density at radius 1 is 0.611 bits per heavy atom. The van der Waals surface area contributed by atoms with Crippen LogP contribution in [0.15, 0.2) is 35.8 Å². The number of Topliss-reactive ketones (excluding diaryl/α,β-unsaturated/α-hetero) is 1. The molecule has 194 valence electrons. The molecule has 10 heteroatoms. The molecular weight excluding hydrogens is 472 g/mol. The number of carbonyl (C=O) groups is 1. The van der Waals surface area contributed by atoms with Crippen LogP contribution in [-0.4, -0.2) is 61.5 Å². The van der Waals surface area contributed by atoms with Crippen LogP contribution >= 0.6 is 0 Å². The number of carbonyl (C=O) groups excluding carboxylic acids is 1. The molecule has 0 aliphatic carbocycles. The summed E-state index contributed by atoms with van der Waals surface area (Å²) in [5.41, 5.74) is 1.14. The highest BCUT2D eigenvalue weighted by Crippen LogP contribution is 2.41.